The Morgan fingerprint density at radius 1 is 0.679 bits per heavy atom. The van der Waals surface area contributed by atoms with Gasteiger partial charge in [-0.25, -0.2) is 0 Å². The molecule has 3 rings (SSSR count). The van der Waals surface area contributed by atoms with Crippen LogP contribution in [0.1, 0.15) is 50.7 Å². The summed E-state index contributed by atoms with van der Waals surface area (Å²) in [4.78, 5) is 0. The number of rotatable bonds is 5. The Labute approximate surface area is 169 Å². The summed E-state index contributed by atoms with van der Waals surface area (Å²) in [6.45, 7) is 8.47. The normalized spacial score (nSPS) is 14.5. The van der Waals surface area contributed by atoms with E-state index in [1.807, 2.05) is 36.4 Å². The molecular formula is C25H30O2Si. The Morgan fingerprint density at radius 3 is 1.57 bits per heavy atom. The van der Waals surface area contributed by atoms with E-state index in [0.29, 0.717) is 0 Å². The maximum atomic E-state index is 12.0. The van der Waals surface area contributed by atoms with Crippen molar-refractivity contribution in [2.75, 3.05) is 0 Å². The first-order chi connectivity index (χ1) is 13.3. The van der Waals surface area contributed by atoms with Gasteiger partial charge in [-0.15, -0.1) is 0 Å². The van der Waals surface area contributed by atoms with Gasteiger partial charge in [0.1, 0.15) is 0 Å². The van der Waals surface area contributed by atoms with Gasteiger partial charge in [-0.05, 0) is 23.1 Å². The summed E-state index contributed by atoms with van der Waals surface area (Å²) >= 11 is 0. The van der Waals surface area contributed by atoms with E-state index in [1.54, 1.807) is 6.92 Å². The zero-order valence-corrected chi connectivity index (χ0v) is 18.1. The number of hydrogen-bond acceptors (Lipinski definition) is 2. The van der Waals surface area contributed by atoms with Crippen LogP contribution in [0.2, 0.25) is 5.04 Å². The lowest BCUT2D eigenvalue weighted by Crippen LogP contribution is -2.68. The summed E-state index contributed by atoms with van der Waals surface area (Å²) in [5, 5.41) is 24.3. The lowest BCUT2D eigenvalue weighted by Gasteiger charge is -2.47. The van der Waals surface area contributed by atoms with Gasteiger partial charge in [0.25, 0.3) is 0 Å². The second-order valence-electron chi connectivity index (χ2n) is 8.54. The van der Waals surface area contributed by atoms with Crippen molar-refractivity contribution in [1.82, 2.24) is 0 Å². The first-order valence-corrected chi connectivity index (χ1v) is 11.9. The summed E-state index contributed by atoms with van der Waals surface area (Å²) in [6.07, 6.45) is -0.564. The molecule has 0 aliphatic heterocycles. The Morgan fingerprint density at radius 2 is 1.14 bits per heavy atom. The topological polar surface area (TPSA) is 40.5 Å². The molecule has 0 radical (unpaired) electrons. The van der Waals surface area contributed by atoms with Crippen molar-refractivity contribution in [2.45, 2.75) is 44.6 Å². The highest BCUT2D eigenvalue weighted by atomic mass is 28.3. The van der Waals surface area contributed by atoms with Gasteiger partial charge in [0, 0.05) is 0 Å². The number of hydrogen-bond donors (Lipinski definition) is 2. The van der Waals surface area contributed by atoms with Crippen LogP contribution < -0.4 is 10.4 Å². The maximum absolute atomic E-state index is 12.0. The minimum atomic E-state index is -2.68. The minimum absolute atomic E-state index is 0.143. The van der Waals surface area contributed by atoms with Gasteiger partial charge in [0.2, 0.25) is 0 Å². The van der Waals surface area contributed by atoms with Gasteiger partial charge in [0.05, 0.1) is 11.8 Å². The van der Waals surface area contributed by atoms with Crippen molar-refractivity contribution in [2.24, 2.45) is 0 Å². The van der Waals surface area contributed by atoms with Crippen LogP contribution >= 0.6 is 0 Å². The van der Waals surface area contributed by atoms with Crippen LogP contribution in [0, 0.1) is 0 Å². The van der Waals surface area contributed by atoms with E-state index in [4.69, 9.17) is 0 Å². The predicted molar refractivity (Wildman–Crippen MR) is 120 cm³/mol. The molecule has 146 valence electrons. The van der Waals surface area contributed by atoms with Crippen LogP contribution in [-0.2, 0) is 0 Å². The van der Waals surface area contributed by atoms with Gasteiger partial charge in [0.15, 0.2) is 8.07 Å². The fraction of sp³-hybridized carbons (Fsp3) is 0.280. The molecule has 0 fully saturated rings. The molecular weight excluding hydrogens is 360 g/mol. The molecule has 0 bridgehead atoms. The number of aliphatic hydroxyl groups is 2. The average molecular weight is 391 g/mol. The van der Waals surface area contributed by atoms with Gasteiger partial charge in [-0.1, -0.05) is 116 Å². The van der Waals surface area contributed by atoms with E-state index >= 15 is 0 Å². The summed E-state index contributed by atoms with van der Waals surface area (Å²) in [5.41, 5.74) is 1.05. The zero-order chi connectivity index (χ0) is 20.4. The van der Waals surface area contributed by atoms with Gasteiger partial charge in [-0.2, -0.15) is 0 Å². The van der Waals surface area contributed by atoms with E-state index in [0.717, 1.165) is 11.1 Å². The van der Waals surface area contributed by atoms with Crippen LogP contribution in [0.5, 0.6) is 0 Å². The molecule has 2 nitrogen and oxygen atoms in total. The van der Waals surface area contributed by atoms with Crippen molar-refractivity contribution in [1.29, 1.82) is 0 Å². The van der Waals surface area contributed by atoms with Gasteiger partial charge >= 0.3 is 0 Å². The second-order valence-corrected chi connectivity index (χ2v) is 13.4. The molecule has 3 aromatic carbocycles. The standard InChI is InChI=1S/C25H30O2Si/c1-19(26)20-12-11-13-21(18-20)24(27)28(25(2,3)4,22-14-7-5-8-15-22)23-16-9-6-10-17-23/h5-19,24,26-27H,1-4H3. The molecule has 0 amide bonds. The molecule has 28 heavy (non-hydrogen) atoms. The molecule has 0 spiro atoms. The summed E-state index contributed by atoms with van der Waals surface area (Å²) in [7, 11) is -2.68. The van der Waals surface area contributed by atoms with E-state index < -0.39 is 19.9 Å². The number of aliphatic hydroxyl groups excluding tert-OH is 2. The van der Waals surface area contributed by atoms with E-state index in [-0.39, 0.29) is 5.04 Å². The number of benzene rings is 3. The quantitative estimate of drug-likeness (QED) is 0.635. The third-order valence-corrected chi connectivity index (χ3v) is 11.8. The zero-order valence-electron chi connectivity index (χ0n) is 17.1. The van der Waals surface area contributed by atoms with Crippen molar-refractivity contribution in [3.63, 3.8) is 0 Å². The Bertz CT molecular complexity index is 859. The van der Waals surface area contributed by atoms with Crippen molar-refractivity contribution >= 4 is 18.4 Å². The lowest BCUT2D eigenvalue weighted by molar-refractivity contribution is 0.198. The smallest absolute Gasteiger partial charge is 0.159 e. The molecule has 3 aromatic rings. The molecule has 2 unspecified atom stereocenters. The third-order valence-electron chi connectivity index (χ3n) is 5.76. The van der Waals surface area contributed by atoms with E-state index in [2.05, 4.69) is 69.3 Å². The Balaban J connectivity index is 2.31. The minimum Gasteiger partial charge on any atom is -0.391 e. The predicted octanol–water partition coefficient (Wildman–Crippen LogP) is 4.38. The molecule has 0 saturated carbocycles. The summed E-state index contributed by atoms with van der Waals surface area (Å²) in [6, 6.07) is 28.7. The van der Waals surface area contributed by atoms with Crippen LogP contribution in [0.4, 0.5) is 0 Å². The molecule has 2 N–H and O–H groups in total. The first-order valence-electron chi connectivity index (χ1n) is 9.85. The third kappa shape index (κ3) is 3.58. The highest BCUT2D eigenvalue weighted by Gasteiger charge is 2.53. The van der Waals surface area contributed by atoms with E-state index in [9.17, 15) is 10.2 Å². The van der Waals surface area contributed by atoms with Crippen molar-refractivity contribution < 1.29 is 10.2 Å². The Hall–Kier alpha value is -2.20. The van der Waals surface area contributed by atoms with Crippen molar-refractivity contribution in [3.8, 4) is 0 Å². The fourth-order valence-corrected chi connectivity index (χ4v) is 10.0. The van der Waals surface area contributed by atoms with Gasteiger partial charge < -0.3 is 10.2 Å². The second kappa shape index (κ2) is 8.04. The summed E-state index contributed by atoms with van der Waals surface area (Å²) < 4.78 is 0. The highest BCUT2D eigenvalue weighted by molar-refractivity contribution is 7.04. The SMILES string of the molecule is CC(O)c1cccc(C(O)[Si](c2ccccc2)(c2ccccc2)C(C)(C)C)c1. The van der Waals surface area contributed by atoms with Crippen molar-refractivity contribution in [3.05, 3.63) is 96.1 Å². The van der Waals surface area contributed by atoms with Crippen LogP contribution in [0.25, 0.3) is 0 Å². The largest absolute Gasteiger partial charge is 0.391 e. The monoisotopic (exact) mass is 390 g/mol. The van der Waals surface area contributed by atoms with Gasteiger partial charge in [-0.3, -0.25) is 0 Å². The average Bonchev–Trinajstić information content (AvgIpc) is 2.69. The van der Waals surface area contributed by atoms with Crippen LogP contribution in [0.15, 0.2) is 84.9 Å². The Kier molecular flexibility index (Phi) is 5.89. The summed E-state index contributed by atoms with van der Waals surface area (Å²) in [5.74, 6) is 0. The molecule has 0 heterocycles. The molecule has 0 aliphatic rings. The molecule has 0 aliphatic carbocycles. The molecule has 0 aromatic heterocycles. The highest BCUT2D eigenvalue weighted by Crippen LogP contribution is 2.43. The van der Waals surface area contributed by atoms with Crippen LogP contribution in [-0.4, -0.2) is 18.3 Å². The molecule has 3 heteroatoms. The first kappa shape index (κ1) is 20.5. The lowest BCUT2D eigenvalue weighted by atomic mass is 10.1. The molecule has 0 saturated heterocycles. The van der Waals surface area contributed by atoms with Crippen LogP contribution in [0.3, 0.4) is 0 Å². The fourth-order valence-electron chi connectivity index (χ4n) is 4.40. The maximum Gasteiger partial charge on any atom is 0.159 e. The van der Waals surface area contributed by atoms with E-state index in [1.165, 1.54) is 10.4 Å². The molecule has 2 atom stereocenters.